The molecule has 1 aliphatic heterocycles. The average Bonchev–Trinajstić information content (AvgIpc) is 2.61. The van der Waals surface area contributed by atoms with Crippen LogP contribution in [0.4, 0.5) is 5.69 Å². The van der Waals surface area contributed by atoms with E-state index in [4.69, 9.17) is 9.47 Å². The van der Waals surface area contributed by atoms with Crippen LogP contribution in [0.1, 0.15) is 38.5 Å². The molecule has 0 aromatic heterocycles. The van der Waals surface area contributed by atoms with Crippen LogP contribution in [-0.2, 0) is 14.8 Å². The predicted molar refractivity (Wildman–Crippen MR) is 99.1 cm³/mol. The number of fused-ring (bicyclic) bond motifs is 1. The highest BCUT2D eigenvalue weighted by atomic mass is 32.2. The van der Waals surface area contributed by atoms with Crippen LogP contribution in [0.15, 0.2) is 18.2 Å². The molecule has 0 radical (unpaired) electrons. The zero-order chi connectivity index (χ0) is 18.6. The third-order valence-corrected chi connectivity index (χ3v) is 6.13. The van der Waals surface area contributed by atoms with Crippen molar-refractivity contribution < 1.29 is 22.7 Å². The van der Waals surface area contributed by atoms with Crippen molar-refractivity contribution in [2.75, 3.05) is 31.3 Å². The van der Waals surface area contributed by atoms with E-state index in [1.54, 1.807) is 18.2 Å². The largest absolute Gasteiger partial charge is 0.486 e. The lowest BCUT2D eigenvalue weighted by Gasteiger charge is -2.32. The second-order valence-electron chi connectivity index (χ2n) is 6.82. The van der Waals surface area contributed by atoms with E-state index in [2.05, 4.69) is 5.32 Å². The number of nitrogens with one attached hydrogen (secondary N) is 1. The van der Waals surface area contributed by atoms with Crippen molar-refractivity contribution in [3.8, 4) is 11.5 Å². The Morgan fingerprint density at radius 3 is 2.54 bits per heavy atom. The van der Waals surface area contributed by atoms with E-state index in [-0.39, 0.29) is 24.9 Å². The average molecular weight is 382 g/mol. The minimum absolute atomic E-state index is 0.0147. The quantitative estimate of drug-likeness (QED) is 0.816. The van der Waals surface area contributed by atoms with Crippen LogP contribution in [-0.4, -0.2) is 50.7 Å². The first kappa shape index (κ1) is 19.0. The van der Waals surface area contributed by atoms with Gasteiger partial charge in [-0.05, 0) is 25.0 Å². The number of rotatable bonds is 6. The summed E-state index contributed by atoms with van der Waals surface area (Å²) in [6, 6.07) is 5.25. The summed E-state index contributed by atoms with van der Waals surface area (Å²) >= 11 is 0. The number of amides is 1. The minimum Gasteiger partial charge on any atom is -0.486 e. The number of sulfonamides is 1. The van der Waals surface area contributed by atoms with E-state index in [0.717, 1.165) is 32.1 Å². The van der Waals surface area contributed by atoms with Gasteiger partial charge in [0.05, 0.1) is 6.26 Å². The van der Waals surface area contributed by atoms with Crippen LogP contribution in [0.2, 0.25) is 0 Å². The summed E-state index contributed by atoms with van der Waals surface area (Å²) < 4.78 is 36.7. The molecule has 8 heteroatoms. The summed E-state index contributed by atoms with van der Waals surface area (Å²) in [6.45, 7) is 1.20. The lowest BCUT2D eigenvalue weighted by Crippen LogP contribution is -2.42. The number of benzene rings is 1. The second kappa shape index (κ2) is 8.26. The Labute approximate surface area is 154 Å². The van der Waals surface area contributed by atoms with Crippen molar-refractivity contribution in [2.24, 2.45) is 0 Å². The zero-order valence-electron chi connectivity index (χ0n) is 15.1. The van der Waals surface area contributed by atoms with Crippen molar-refractivity contribution in [2.45, 2.75) is 44.6 Å². The summed E-state index contributed by atoms with van der Waals surface area (Å²) in [6.07, 6.45) is 6.32. The first-order chi connectivity index (χ1) is 12.4. The minimum atomic E-state index is -3.33. The van der Waals surface area contributed by atoms with Crippen molar-refractivity contribution in [1.82, 2.24) is 4.31 Å². The van der Waals surface area contributed by atoms with Crippen molar-refractivity contribution >= 4 is 21.6 Å². The topological polar surface area (TPSA) is 84.9 Å². The fourth-order valence-electron chi connectivity index (χ4n) is 3.54. The fraction of sp³-hybridized carbons (Fsp3) is 0.611. The third kappa shape index (κ3) is 4.88. The van der Waals surface area contributed by atoms with Crippen LogP contribution in [0.3, 0.4) is 0 Å². The number of hydrogen-bond acceptors (Lipinski definition) is 5. The number of hydrogen-bond donors (Lipinski definition) is 1. The highest BCUT2D eigenvalue weighted by Gasteiger charge is 2.28. The van der Waals surface area contributed by atoms with Gasteiger partial charge in [-0.3, -0.25) is 4.79 Å². The molecule has 3 rings (SSSR count). The Balaban J connectivity index is 1.58. The highest BCUT2D eigenvalue weighted by Crippen LogP contribution is 2.32. The molecular formula is C18H26N2O5S. The van der Waals surface area contributed by atoms with Crippen LogP contribution in [0.5, 0.6) is 11.5 Å². The van der Waals surface area contributed by atoms with E-state index in [9.17, 15) is 13.2 Å². The fourth-order valence-corrected chi connectivity index (χ4v) is 4.72. The van der Waals surface area contributed by atoms with E-state index in [1.807, 2.05) is 0 Å². The maximum Gasteiger partial charge on any atom is 0.225 e. The molecule has 0 atom stereocenters. The maximum absolute atomic E-state index is 12.3. The maximum atomic E-state index is 12.3. The number of carbonyl (C=O) groups is 1. The molecule has 1 fully saturated rings. The third-order valence-electron chi connectivity index (χ3n) is 4.79. The van der Waals surface area contributed by atoms with Gasteiger partial charge in [-0.2, -0.15) is 4.31 Å². The van der Waals surface area contributed by atoms with E-state index >= 15 is 0 Å². The monoisotopic (exact) mass is 382 g/mol. The lowest BCUT2D eigenvalue weighted by molar-refractivity contribution is -0.116. The van der Waals surface area contributed by atoms with Crippen LogP contribution >= 0.6 is 0 Å². The van der Waals surface area contributed by atoms with Crippen LogP contribution in [0.25, 0.3) is 0 Å². The molecule has 0 spiro atoms. The first-order valence-electron chi connectivity index (χ1n) is 9.10. The zero-order valence-corrected chi connectivity index (χ0v) is 15.9. The Bertz CT molecular complexity index is 744. The highest BCUT2D eigenvalue weighted by molar-refractivity contribution is 7.88. The van der Waals surface area contributed by atoms with Crippen molar-refractivity contribution in [3.05, 3.63) is 18.2 Å². The van der Waals surface area contributed by atoms with Gasteiger partial charge in [0.25, 0.3) is 0 Å². The van der Waals surface area contributed by atoms with E-state index in [0.29, 0.717) is 30.4 Å². The van der Waals surface area contributed by atoms with Crippen molar-refractivity contribution in [3.63, 3.8) is 0 Å². The Kier molecular flexibility index (Phi) is 6.03. The van der Waals surface area contributed by atoms with Crippen molar-refractivity contribution in [1.29, 1.82) is 0 Å². The molecule has 1 saturated carbocycles. The molecule has 144 valence electrons. The number of carbonyl (C=O) groups excluding carboxylic acids is 1. The second-order valence-corrected chi connectivity index (χ2v) is 8.76. The SMILES string of the molecule is CS(=O)(=O)N(CCC(=O)Nc1ccc2c(c1)OCCO2)C1CCCCC1. The van der Waals surface area contributed by atoms with E-state index in [1.165, 1.54) is 10.6 Å². The van der Waals surface area contributed by atoms with Gasteiger partial charge in [-0.1, -0.05) is 19.3 Å². The van der Waals surface area contributed by atoms with Gasteiger partial charge in [-0.25, -0.2) is 8.42 Å². The normalized spacial score (nSPS) is 17.9. The molecule has 1 amide bonds. The molecule has 1 N–H and O–H groups in total. The van der Waals surface area contributed by atoms with Gasteiger partial charge in [0, 0.05) is 30.8 Å². The Morgan fingerprint density at radius 2 is 1.85 bits per heavy atom. The van der Waals surface area contributed by atoms with Crippen LogP contribution in [0, 0.1) is 0 Å². The summed E-state index contributed by atoms with van der Waals surface area (Å²) in [5, 5.41) is 2.81. The van der Waals surface area contributed by atoms with Gasteiger partial charge in [0.1, 0.15) is 13.2 Å². The first-order valence-corrected chi connectivity index (χ1v) is 10.9. The van der Waals surface area contributed by atoms with Gasteiger partial charge >= 0.3 is 0 Å². The molecule has 2 aliphatic rings. The van der Waals surface area contributed by atoms with E-state index < -0.39 is 10.0 Å². The number of nitrogens with zero attached hydrogens (tertiary/aromatic N) is 1. The lowest BCUT2D eigenvalue weighted by atomic mass is 9.95. The Hall–Kier alpha value is -1.80. The molecule has 0 unspecified atom stereocenters. The van der Waals surface area contributed by atoms with Gasteiger partial charge in [0.15, 0.2) is 11.5 Å². The summed E-state index contributed by atoms with van der Waals surface area (Å²) in [7, 11) is -3.33. The number of ether oxygens (including phenoxy) is 2. The van der Waals surface area contributed by atoms with Gasteiger partial charge in [0.2, 0.25) is 15.9 Å². The molecule has 0 bridgehead atoms. The smallest absolute Gasteiger partial charge is 0.225 e. The molecule has 26 heavy (non-hydrogen) atoms. The summed E-state index contributed by atoms with van der Waals surface area (Å²) in [4.78, 5) is 12.3. The number of anilines is 1. The molecule has 1 aromatic carbocycles. The molecular weight excluding hydrogens is 356 g/mol. The molecule has 1 heterocycles. The van der Waals surface area contributed by atoms with Gasteiger partial charge < -0.3 is 14.8 Å². The standard InChI is InChI=1S/C18H26N2O5S/c1-26(22,23)20(15-5-3-2-4-6-15)10-9-18(21)19-14-7-8-16-17(13-14)25-12-11-24-16/h7-8,13,15H,2-6,9-12H2,1H3,(H,19,21). The molecule has 1 aliphatic carbocycles. The van der Waals surface area contributed by atoms with Gasteiger partial charge in [-0.15, -0.1) is 0 Å². The molecule has 7 nitrogen and oxygen atoms in total. The molecule has 0 saturated heterocycles. The molecule has 1 aromatic rings. The summed E-state index contributed by atoms with van der Waals surface area (Å²) in [5.41, 5.74) is 0.614. The Morgan fingerprint density at radius 1 is 1.15 bits per heavy atom. The summed E-state index contributed by atoms with van der Waals surface area (Å²) in [5.74, 6) is 1.05. The predicted octanol–water partition coefficient (Wildman–Crippen LogP) is 2.38. The van der Waals surface area contributed by atoms with Crippen LogP contribution < -0.4 is 14.8 Å².